The molecule has 0 spiro atoms. The molecule has 0 bridgehead atoms. The van der Waals surface area contributed by atoms with Gasteiger partial charge in [-0.3, -0.25) is 9.59 Å². The van der Waals surface area contributed by atoms with Gasteiger partial charge in [-0.05, 0) is 112 Å². The minimum atomic E-state index is -3.00. The number of carbonyl (C=O) groups is 2. The summed E-state index contributed by atoms with van der Waals surface area (Å²) in [7, 11) is -4.10. The van der Waals surface area contributed by atoms with Crippen LogP contribution in [-0.4, -0.2) is 49.8 Å². The minimum absolute atomic E-state index is 0.0153. The average Bonchev–Trinajstić information content (AvgIpc) is 3.23. The molecule has 0 saturated carbocycles. The molecule has 1 fully saturated rings. The Hall–Kier alpha value is -5.12. The number of hydrogen-bond donors (Lipinski definition) is 2. The van der Waals surface area contributed by atoms with E-state index >= 15 is 0 Å². The number of aromatic hydroxyl groups is 1. The highest BCUT2D eigenvalue weighted by atomic mass is 28.4. The number of phenols is 1. The van der Waals surface area contributed by atoms with E-state index in [1.807, 2.05) is 68.4 Å². The maximum absolute atomic E-state index is 14.6. The van der Waals surface area contributed by atoms with E-state index in [1.54, 1.807) is 12.1 Å². The molecule has 6 nitrogen and oxygen atoms in total. The third-order valence-electron chi connectivity index (χ3n) is 12.9. The van der Waals surface area contributed by atoms with E-state index in [1.165, 1.54) is 0 Å². The highest BCUT2D eigenvalue weighted by Gasteiger charge is 2.55. The molecule has 0 aromatic heterocycles. The Balaban J connectivity index is 1.24. The third-order valence-corrected chi connectivity index (χ3v) is 17.9. The van der Waals surface area contributed by atoms with Crippen LogP contribution in [0.1, 0.15) is 83.0 Å². The van der Waals surface area contributed by atoms with Gasteiger partial charge in [0.15, 0.2) is 11.6 Å². The van der Waals surface area contributed by atoms with Crippen molar-refractivity contribution in [2.24, 2.45) is 17.8 Å². The van der Waals surface area contributed by atoms with Crippen molar-refractivity contribution in [3.63, 3.8) is 0 Å². The second-order valence-electron chi connectivity index (χ2n) is 17.6. The molecule has 4 atom stereocenters. The van der Waals surface area contributed by atoms with Crippen LogP contribution in [0.25, 0.3) is 11.6 Å². The molecule has 5 aromatic carbocycles. The quantitative estimate of drug-likeness (QED) is 0.0831. The van der Waals surface area contributed by atoms with Crippen molar-refractivity contribution in [3.8, 4) is 5.75 Å². The van der Waals surface area contributed by atoms with E-state index in [0.29, 0.717) is 36.1 Å². The van der Waals surface area contributed by atoms with Gasteiger partial charge in [0, 0.05) is 23.0 Å². The lowest BCUT2D eigenvalue weighted by molar-refractivity contribution is 0.0592. The van der Waals surface area contributed by atoms with E-state index in [2.05, 4.69) is 87.5 Å². The molecule has 300 valence electrons. The van der Waals surface area contributed by atoms with Crippen LogP contribution in [0.15, 0.2) is 139 Å². The van der Waals surface area contributed by atoms with Crippen molar-refractivity contribution in [3.05, 3.63) is 172 Å². The summed E-state index contributed by atoms with van der Waals surface area (Å²) in [5.74, 6) is -1.30. The van der Waals surface area contributed by atoms with E-state index in [-0.39, 0.29) is 29.5 Å². The number of rotatable bonds is 10. The summed E-state index contributed by atoms with van der Waals surface area (Å²) in [6.07, 6.45) is 3.42. The first-order valence-corrected chi connectivity index (χ1v) is 22.8. The number of phenolic OH excluding ortho intramolecular Hbond substituents is 1. The molecule has 8 heteroatoms. The Labute approximate surface area is 349 Å². The molecule has 2 N–H and O–H groups in total. The molecule has 1 heterocycles. The van der Waals surface area contributed by atoms with Gasteiger partial charge in [-0.25, -0.2) is 0 Å². The van der Waals surface area contributed by atoms with Crippen molar-refractivity contribution < 1.29 is 28.8 Å². The van der Waals surface area contributed by atoms with Crippen molar-refractivity contribution in [2.45, 2.75) is 71.3 Å². The molecule has 0 unspecified atom stereocenters. The fourth-order valence-corrected chi connectivity index (χ4v) is 14.8. The number of Topliss-reactive ketones (excluding diaryl/α,β-unsaturated/α-hetero) is 2. The van der Waals surface area contributed by atoms with E-state index in [4.69, 9.17) is 9.08 Å². The first-order chi connectivity index (χ1) is 28.4. The predicted molar refractivity (Wildman–Crippen MR) is 240 cm³/mol. The second-order valence-corrected chi connectivity index (χ2v) is 21.9. The third kappa shape index (κ3) is 7.64. The van der Waals surface area contributed by atoms with Crippen molar-refractivity contribution >= 4 is 49.0 Å². The van der Waals surface area contributed by atoms with Gasteiger partial charge >= 0.3 is 7.12 Å². The number of fused-ring (bicyclic) bond motifs is 4. The maximum atomic E-state index is 14.6. The van der Waals surface area contributed by atoms with Crippen LogP contribution in [0.3, 0.4) is 0 Å². The topological polar surface area (TPSA) is 93.1 Å². The summed E-state index contributed by atoms with van der Waals surface area (Å²) in [4.78, 5) is 29.0. The number of allylic oxidation sites excluding steroid dienone is 1. The van der Waals surface area contributed by atoms with Crippen LogP contribution < -0.4 is 10.4 Å². The van der Waals surface area contributed by atoms with Crippen molar-refractivity contribution in [2.75, 3.05) is 6.61 Å². The van der Waals surface area contributed by atoms with Gasteiger partial charge < -0.3 is 19.2 Å². The summed E-state index contributed by atoms with van der Waals surface area (Å²) >= 11 is 0. The standard InChI is InChI=1S/C51H53BO6Si/c1-33-27-35(28-34(2)48(33)53)29-37(36-17-9-6-10-18-36)25-26-45-46-38(32-57-59(51(3,4)5,39-19-11-7-12-20-39)40-21-13-8-14-22-40)30-43-47(44(46)31-52(56)58-45)50(55)42-24-16-15-23-41(42)49(43)54/h6-24,27-29,43-45,47,53,56H,25-26,30-32H2,1-5H3/b37-29-/t43-,44+,45-,47-/m1/s1. The zero-order valence-corrected chi connectivity index (χ0v) is 35.7. The van der Waals surface area contributed by atoms with Crippen LogP contribution in [0.2, 0.25) is 11.4 Å². The zero-order valence-electron chi connectivity index (χ0n) is 34.7. The fraction of sp³-hybridized carbons (Fsp3) is 0.294. The lowest BCUT2D eigenvalue weighted by atomic mass is 9.54. The molecule has 1 aliphatic heterocycles. The second kappa shape index (κ2) is 16.5. The normalized spacial score (nSPS) is 20.9. The number of carbonyl (C=O) groups excluding carboxylic acids is 2. The Morgan fingerprint density at radius 3 is 1.92 bits per heavy atom. The van der Waals surface area contributed by atoms with Gasteiger partial charge in [-0.1, -0.05) is 142 Å². The van der Waals surface area contributed by atoms with Gasteiger partial charge in [0.1, 0.15) is 5.75 Å². The Kier molecular flexibility index (Phi) is 11.4. The summed E-state index contributed by atoms with van der Waals surface area (Å²) < 4.78 is 14.1. The average molecular weight is 801 g/mol. The van der Waals surface area contributed by atoms with Crippen LogP contribution in [0, 0.1) is 31.6 Å². The van der Waals surface area contributed by atoms with Crippen LogP contribution >= 0.6 is 0 Å². The highest BCUT2D eigenvalue weighted by molar-refractivity contribution is 6.99. The smallest absolute Gasteiger partial charge is 0.455 e. The minimum Gasteiger partial charge on any atom is -0.507 e. The predicted octanol–water partition coefficient (Wildman–Crippen LogP) is 9.41. The molecule has 2 aliphatic carbocycles. The molecule has 0 radical (unpaired) electrons. The maximum Gasteiger partial charge on any atom is 0.455 e. The number of benzene rings is 5. The Bertz CT molecular complexity index is 2360. The molecule has 0 amide bonds. The zero-order chi connectivity index (χ0) is 41.5. The largest absolute Gasteiger partial charge is 0.507 e. The van der Waals surface area contributed by atoms with Gasteiger partial charge in [-0.2, -0.15) is 0 Å². The van der Waals surface area contributed by atoms with Gasteiger partial charge in [0.2, 0.25) is 0 Å². The summed E-state index contributed by atoms with van der Waals surface area (Å²) in [6.45, 7) is 10.9. The molecule has 8 rings (SSSR count). The monoisotopic (exact) mass is 800 g/mol. The fourth-order valence-electron chi connectivity index (χ4n) is 10.3. The van der Waals surface area contributed by atoms with Gasteiger partial charge in [0.25, 0.3) is 8.32 Å². The SMILES string of the molecule is Cc1cc(/C=C(/CC[C@H]2OB(O)C[C@H]3C2=C(CO[Si](c2ccccc2)(c2ccccc2)C(C)(C)C)C[C@H]2C(=O)c4ccccc4C(=O)[C@H]23)c2ccccc2)cc(C)c1O. The first kappa shape index (κ1) is 40.7. The summed E-state index contributed by atoms with van der Waals surface area (Å²) in [6, 6.07) is 42.5. The van der Waals surface area contributed by atoms with Gasteiger partial charge in [-0.15, -0.1) is 0 Å². The van der Waals surface area contributed by atoms with Crippen LogP contribution in [0.5, 0.6) is 5.75 Å². The van der Waals surface area contributed by atoms with Crippen LogP contribution in [0.4, 0.5) is 0 Å². The molecule has 3 aliphatic rings. The number of ketones is 2. The molecule has 59 heavy (non-hydrogen) atoms. The molecule has 5 aromatic rings. The van der Waals surface area contributed by atoms with Crippen molar-refractivity contribution in [1.82, 2.24) is 0 Å². The Morgan fingerprint density at radius 1 is 0.797 bits per heavy atom. The Morgan fingerprint density at radius 2 is 1.34 bits per heavy atom. The van der Waals surface area contributed by atoms with Crippen LogP contribution in [-0.2, 0) is 9.08 Å². The van der Waals surface area contributed by atoms with E-state index < -0.39 is 39.3 Å². The summed E-state index contributed by atoms with van der Waals surface area (Å²) in [5.41, 5.74) is 7.72. The highest BCUT2D eigenvalue weighted by Crippen LogP contribution is 2.51. The molecular weight excluding hydrogens is 747 g/mol. The molecular formula is C51H53BO6Si. The lowest BCUT2D eigenvalue weighted by Gasteiger charge is -2.48. The van der Waals surface area contributed by atoms with Crippen molar-refractivity contribution in [1.29, 1.82) is 0 Å². The number of hydrogen-bond acceptors (Lipinski definition) is 6. The first-order valence-electron chi connectivity index (χ1n) is 20.9. The van der Waals surface area contributed by atoms with Gasteiger partial charge in [0.05, 0.1) is 12.7 Å². The number of aryl methyl sites for hydroxylation is 2. The summed E-state index contributed by atoms with van der Waals surface area (Å²) in [5, 5.41) is 24.1. The lowest BCUT2D eigenvalue weighted by Crippen LogP contribution is -2.66. The molecule has 1 saturated heterocycles. The van der Waals surface area contributed by atoms with E-state index in [0.717, 1.165) is 49.3 Å². The van der Waals surface area contributed by atoms with E-state index in [9.17, 15) is 19.7 Å².